The van der Waals surface area contributed by atoms with E-state index >= 15 is 0 Å². The fourth-order valence-corrected chi connectivity index (χ4v) is 1.98. The first-order valence-electron chi connectivity index (χ1n) is 4.42. The Bertz CT molecular complexity index is 362. The molecule has 2 nitrogen and oxygen atoms in total. The predicted molar refractivity (Wildman–Crippen MR) is 53.5 cm³/mol. The summed E-state index contributed by atoms with van der Waals surface area (Å²) in [5.74, 6) is 0.165. The molecule has 0 N–H and O–H groups in total. The van der Waals surface area contributed by atoms with Crippen LogP contribution in [0.4, 0.5) is 0 Å². The molecule has 0 saturated heterocycles. The largest absolute Gasteiger partial charge is 0.224 e. The molecule has 0 aliphatic carbocycles. The summed E-state index contributed by atoms with van der Waals surface area (Å²) in [5, 5.41) is 0. The Morgan fingerprint density at radius 2 is 1.62 bits per heavy atom. The molecule has 0 aliphatic heterocycles. The average Bonchev–Trinajstić information content (AvgIpc) is 2.18. The predicted octanol–water partition coefficient (Wildman–Crippen LogP) is 2.04. The summed E-state index contributed by atoms with van der Waals surface area (Å²) in [4.78, 5) is 0.423. The van der Waals surface area contributed by atoms with Gasteiger partial charge in [0.2, 0.25) is 0 Å². The van der Waals surface area contributed by atoms with E-state index in [0.717, 1.165) is 12.0 Å². The van der Waals surface area contributed by atoms with Gasteiger partial charge in [-0.1, -0.05) is 26.0 Å². The molecule has 13 heavy (non-hydrogen) atoms. The minimum atomic E-state index is -3.02. The van der Waals surface area contributed by atoms with Crippen LogP contribution in [0.1, 0.15) is 19.4 Å². The highest BCUT2D eigenvalue weighted by Gasteiger charge is 2.09. The van der Waals surface area contributed by atoms with Crippen molar-refractivity contribution in [3.8, 4) is 0 Å². The number of aryl methyl sites for hydroxylation is 1. The van der Waals surface area contributed by atoms with E-state index in [9.17, 15) is 8.42 Å². The van der Waals surface area contributed by atoms with Gasteiger partial charge in [0, 0.05) is 0 Å². The quantitative estimate of drug-likeness (QED) is 0.745. The fourth-order valence-electron chi connectivity index (χ4n) is 1.10. The molecule has 1 rings (SSSR count). The zero-order valence-electron chi connectivity index (χ0n) is 7.95. The Hall–Kier alpha value is -0.830. The Labute approximate surface area is 79.5 Å². The van der Waals surface area contributed by atoms with Gasteiger partial charge in [0.05, 0.1) is 10.6 Å². The van der Waals surface area contributed by atoms with E-state index in [1.165, 1.54) is 0 Å². The van der Waals surface area contributed by atoms with Crippen molar-refractivity contribution in [2.45, 2.75) is 25.2 Å². The molecule has 0 aliphatic rings. The highest BCUT2D eigenvalue weighted by molar-refractivity contribution is 7.91. The zero-order chi connectivity index (χ0) is 9.90. The van der Waals surface area contributed by atoms with E-state index in [-0.39, 0.29) is 5.75 Å². The smallest absolute Gasteiger partial charge is 0.178 e. The number of hydrogen-bond donors (Lipinski definition) is 0. The van der Waals surface area contributed by atoms with Gasteiger partial charge in [0.1, 0.15) is 0 Å². The number of rotatable bonds is 3. The molecule has 0 fully saturated rings. The number of hydrogen-bond acceptors (Lipinski definition) is 2. The third-order valence-corrected chi connectivity index (χ3v) is 3.82. The maximum absolute atomic E-state index is 11.4. The molecule has 0 radical (unpaired) electrons. The first kappa shape index (κ1) is 10.3. The van der Waals surface area contributed by atoms with Gasteiger partial charge in [-0.25, -0.2) is 8.42 Å². The number of benzene rings is 1. The Balaban J connectivity index is 3.06. The third-order valence-electron chi connectivity index (χ3n) is 2.07. The molecule has 0 bridgehead atoms. The molecule has 0 atom stereocenters. The Morgan fingerprint density at radius 1 is 1.08 bits per heavy atom. The van der Waals surface area contributed by atoms with Crippen molar-refractivity contribution in [1.29, 1.82) is 0 Å². The second-order valence-corrected chi connectivity index (χ2v) is 5.18. The van der Waals surface area contributed by atoms with E-state index in [1.807, 2.05) is 19.1 Å². The molecule has 0 heterocycles. The normalized spacial score (nSPS) is 11.5. The summed E-state index contributed by atoms with van der Waals surface area (Å²) < 4.78 is 22.8. The van der Waals surface area contributed by atoms with Crippen molar-refractivity contribution in [2.75, 3.05) is 5.75 Å². The van der Waals surface area contributed by atoms with Crippen molar-refractivity contribution in [3.05, 3.63) is 29.8 Å². The topological polar surface area (TPSA) is 34.1 Å². The summed E-state index contributed by atoms with van der Waals surface area (Å²) in [6, 6.07) is 7.08. The summed E-state index contributed by atoms with van der Waals surface area (Å²) in [5.41, 5.74) is 1.16. The summed E-state index contributed by atoms with van der Waals surface area (Å²) in [7, 11) is -3.02. The van der Waals surface area contributed by atoms with Crippen LogP contribution in [0.25, 0.3) is 0 Å². The van der Waals surface area contributed by atoms with Gasteiger partial charge in [0.25, 0.3) is 0 Å². The van der Waals surface area contributed by atoms with Gasteiger partial charge in [-0.05, 0) is 24.1 Å². The lowest BCUT2D eigenvalue weighted by molar-refractivity contribution is 0.597. The van der Waals surface area contributed by atoms with Crippen LogP contribution in [0.15, 0.2) is 29.2 Å². The third kappa shape index (κ3) is 2.31. The summed E-state index contributed by atoms with van der Waals surface area (Å²) in [6.45, 7) is 3.70. The minimum absolute atomic E-state index is 0.165. The van der Waals surface area contributed by atoms with Crippen LogP contribution in [0.2, 0.25) is 0 Å². The van der Waals surface area contributed by atoms with Crippen LogP contribution in [0.5, 0.6) is 0 Å². The monoisotopic (exact) mass is 198 g/mol. The van der Waals surface area contributed by atoms with Gasteiger partial charge in [-0.15, -0.1) is 0 Å². The van der Waals surface area contributed by atoms with Gasteiger partial charge < -0.3 is 0 Å². The van der Waals surface area contributed by atoms with Crippen molar-refractivity contribution in [1.82, 2.24) is 0 Å². The van der Waals surface area contributed by atoms with Crippen LogP contribution < -0.4 is 0 Å². The maximum atomic E-state index is 11.4. The molecule has 0 amide bonds. The fraction of sp³-hybridized carbons (Fsp3) is 0.400. The van der Waals surface area contributed by atoms with Gasteiger partial charge in [0.15, 0.2) is 9.84 Å². The molecular weight excluding hydrogens is 184 g/mol. The SMILES string of the molecule is CCc1ccc(S(=O)(=O)CC)cc1. The van der Waals surface area contributed by atoms with Crippen molar-refractivity contribution in [2.24, 2.45) is 0 Å². The van der Waals surface area contributed by atoms with E-state index in [2.05, 4.69) is 0 Å². The summed E-state index contributed by atoms with van der Waals surface area (Å²) in [6.07, 6.45) is 0.937. The van der Waals surface area contributed by atoms with Crippen LogP contribution in [-0.2, 0) is 16.3 Å². The molecule has 3 heteroatoms. The van der Waals surface area contributed by atoms with E-state index in [1.54, 1.807) is 19.1 Å². The van der Waals surface area contributed by atoms with Crippen LogP contribution in [0, 0.1) is 0 Å². The van der Waals surface area contributed by atoms with Crippen LogP contribution in [-0.4, -0.2) is 14.2 Å². The Morgan fingerprint density at radius 3 is 2.00 bits per heavy atom. The molecule has 0 saturated carbocycles. The molecular formula is C10H14O2S. The average molecular weight is 198 g/mol. The van der Waals surface area contributed by atoms with E-state index in [4.69, 9.17) is 0 Å². The van der Waals surface area contributed by atoms with Crippen molar-refractivity contribution in [3.63, 3.8) is 0 Å². The van der Waals surface area contributed by atoms with Gasteiger partial charge >= 0.3 is 0 Å². The van der Waals surface area contributed by atoms with E-state index in [0.29, 0.717) is 4.90 Å². The van der Waals surface area contributed by atoms with Gasteiger partial charge in [-0.2, -0.15) is 0 Å². The molecule has 0 unspecified atom stereocenters. The highest BCUT2D eigenvalue weighted by atomic mass is 32.2. The van der Waals surface area contributed by atoms with Crippen molar-refractivity contribution >= 4 is 9.84 Å². The zero-order valence-corrected chi connectivity index (χ0v) is 8.76. The van der Waals surface area contributed by atoms with Gasteiger partial charge in [-0.3, -0.25) is 0 Å². The van der Waals surface area contributed by atoms with Crippen LogP contribution in [0.3, 0.4) is 0 Å². The summed E-state index contributed by atoms with van der Waals surface area (Å²) >= 11 is 0. The van der Waals surface area contributed by atoms with Crippen LogP contribution >= 0.6 is 0 Å². The first-order valence-corrected chi connectivity index (χ1v) is 6.07. The van der Waals surface area contributed by atoms with Crippen molar-refractivity contribution < 1.29 is 8.42 Å². The lowest BCUT2D eigenvalue weighted by Gasteiger charge is -2.01. The lowest BCUT2D eigenvalue weighted by atomic mass is 10.2. The van der Waals surface area contributed by atoms with E-state index < -0.39 is 9.84 Å². The second kappa shape index (κ2) is 3.92. The molecule has 1 aromatic carbocycles. The Kier molecular flexibility index (Phi) is 3.09. The highest BCUT2D eigenvalue weighted by Crippen LogP contribution is 2.12. The minimum Gasteiger partial charge on any atom is -0.224 e. The second-order valence-electron chi connectivity index (χ2n) is 2.90. The molecule has 72 valence electrons. The standard InChI is InChI=1S/C10H14O2S/c1-3-9-5-7-10(8-6-9)13(11,12)4-2/h5-8H,3-4H2,1-2H3. The molecule has 1 aromatic rings. The molecule has 0 aromatic heterocycles. The first-order chi connectivity index (χ1) is 6.10. The number of sulfone groups is 1. The lowest BCUT2D eigenvalue weighted by Crippen LogP contribution is -2.03. The maximum Gasteiger partial charge on any atom is 0.178 e. The molecule has 0 spiro atoms.